The number of carboxylic acids is 1. The number of halogens is 2. The number of rotatable bonds is 8. The average Bonchev–Trinajstić information content (AvgIpc) is 2.80. The summed E-state index contributed by atoms with van der Waals surface area (Å²) in [7, 11) is 0. The molecule has 0 bridgehead atoms. The van der Waals surface area contributed by atoms with E-state index in [-0.39, 0.29) is 21.3 Å². The summed E-state index contributed by atoms with van der Waals surface area (Å²) in [5.41, 5.74) is 0.763. The number of aliphatic imine (C=N–C) groups is 1. The van der Waals surface area contributed by atoms with Gasteiger partial charge >= 0.3 is 5.97 Å². The molecule has 2 amide bonds. The zero-order valence-corrected chi connectivity index (χ0v) is 19.3. The molecule has 2 heterocycles. The van der Waals surface area contributed by atoms with Crippen LogP contribution in [-0.2, 0) is 9.59 Å². The Morgan fingerprint density at radius 2 is 2.00 bits per heavy atom. The Morgan fingerprint density at radius 3 is 2.65 bits per heavy atom. The number of phenols is 1. The van der Waals surface area contributed by atoms with Crippen molar-refractivity contribution in [1.29, 1.82) is 0 Å². The molecule has 0 aliphatic carbocycles. The van der Waals surface area contributed by atoms with Crippen LogP contribution in [-0.4, -0.2) is 58.6 Å². The van der Waals surface area contributed by atoms with Crippen molar-refractivity contribution in [3.63, 3.8) is 0 Å². The van der Waals surface area contributed by atoms with Gasteiger partial charge in [-0.2, -0.15) is 0 Å². The number of phenolic OH excluding ortho intramolecular Hbond substituents is 1. The Labute approximate surface area is 204 Å². The predicted molar refractivity (Wildman–Crippen MR) is 126 cm³/mol. The van der Waals surface area contributed by atoms with Gasteiger partial charge in [-0.15, -0.1) is 0 Å². The largest absolute Gasteiger partial charge is 0.506 e. The van der Waals surface area contributed by atoms with Crippen molar-refractivity contribution in [3.05, 3.63) is 51.8 Å². The molecule has 3 rings (SSSR count). The molecule has 1 aromatic carbocycles. The number of aromatic hydroxyl groups is 1. The van der Waals surface area contributed by atoms with E-state index in [1.165, 1.54) is 24.4 Å². The minimum absolute atomic E-state index is 0.0430. The van der Waals surface area contributed by atoms with Gasteiger partial charge < -0.3 is 31.5 Å². The standard InChI is InChI=1S/C21H22Cl2N6O5/c22-11-6-13(19(33)14(23)7-11)16(8-18(31)32)29-17(30)10-27-20(34)15-3-2-12(9-26-15)28-21-24-4-1-5-25-21/h2-3,6-7,9,16,33H,1,4-5,8,10H2,(H,27,34)(H,29,30)(H,31,32)(H2,24,25,28). The summed E-state index contributed by atoms with van der Waals surface area (Å²) in [6.45, 7) is 1.09. The van der Waals surface area contributed by atoms with Crippen LogP contribution in [0.2, 0.25) is 10.0 Å². The quantitative estimate of drug-likeness (QED) is 0.314. The lowest BCUT2D eigenvalue weighted by atomic mass is 10.0. The molecule has 34 heavy (non-hydrogen) atoms. The third-order valence-electron chi connectivity index (χ3n) is 4.71. The molecule has 13 heteroatoms. The molecule has 1 aliphatic rings. The highest BCUT2D eigenvalue weighted by molar-refractivity contribution is 6.35. The van der Waals surface area contributed by atoms with Gasteiger partial charge in [0.05, 0.1) is 35.9 Å². The van der Waals surface area contributed by atoms with Crippen molar-refractivity contribution < 1.29 is 24.6 Å². The van der Waals surface area contributed by atoms with Crippen LogP contribution >= 0.6 is 23.2 Å². The van der Waals surface area contributed by atoms with Gasteiger partial charge in [0, 0.05) is 23.7 Å². The fraction of sp³-hybridized carbons (Fsp3) is 0.286. The van der Waals surface area contributed by atoms with Crippen LogP contribution in [0.4, 0.5) is 5.69 Å². The minimum atomic E-state index is -1.22. The van der Waals surface area contributed by atoms with E-state index >= 15 is 0 Å². The summed E-state index contributed by atoms with van der Waals surface area (Å²) in [6.07, 6.45) is 1.88. The van der Waals surface area contributed by atoms with Crippen molar-refractivity contribution in [1.82, 2.24) is 20.9 Å². The second kappa shape index (κ2) is 11.5. The van der Waals surface area contributed by atoms with Gasteiger partial charge in [-0.05, 0) is 30.7 Å². The number of carbonyl (C=O) groups is 3. The summed E-state index contributed by atoms with van der Waals surface area (Å²) in [5.74, 6) is -2.27. The number of anilines is 1. The number of amides is 2. The van der Waals surface area contributed by atoms with Crippen LogP contribution in [0.3, 0.4) is 0 Å². The van der Waals surface area contributed by atoms with E-state index in [2.05, 4.69) is 31.2 Å². The fourth-order valence-corrected chi connectivity index (χ4v) is 3.63. The zero-order chi connectivity index (χ0) is 24.7. The second-order valence-electron chi connectivity index (χ2n) is 7.29. The van der Waals surface area contributed by atoms with E-state index in [9.17, 15) is 24.6 Å². The van der Waals surface area contributed by atoms with Gasteiger partial charge in [0.2, 0.25) is 5.91 Å². The van der Waals surface area contributed by atoms with E-state index in [1.807, 2.05) is 0 Å². The highest BCUT2D eigenvalue weighted by Gasteiger charge is 2.23. The lowest BCUT2D eigenvalue weighted by molar-refractivity contribution is -0.137. The minimum Gasteiger partial charge on any atom is -0.506 e. The first-order chi connectivity index (χ1) is 16.2. The number of benzene rings is 1. The lowest BCUT2D eigenvalue weighted by Crippen LogP contribution is -2.39. The summed E-state index contributed by atoms with van der Waals surface area (Å²) in [6, 6.07) is 4.60. The maximum absolute atomic E-state index is 12.4. The van der Waals surface area contributed by atoms with Gasteiger partial charge in [0.25, 0.3) is 5.91 Å². The van der Waals surface area contributed by atoms with E-state index in [4.69, 9.17) is 23.2 Å². The second-order valence-corrected chi connectivity index (χ2v) is 8.14. The maximum atomic E-state index is 12.4. The monoisotopic (exact) mass is 508 g/mol. The molecule has 1 atom stereocenters. The molecule has 0 radical (unpaired) electrons. The topological polar surface area (TPSA) is 165 Å². The van der Waals surface area contributed by atoms with Crippen LogP contribution in [0, 0.1) is 0 Å². The molecule has 1 aromatic heterocycles. The number of guanidine groups is 1. The van der Waals surface area contributed by atoms with Gasteiger partial charge in [-0.3, -0.25) is 19.4 Å². The van der Waals surface area contributed by atoms with Crippen LogP contribution < -0.4 is 21.3 Å². The Bertz CT molecular complexity index is 1110. The summed E-state index contributed by atoms with van der Waals surface area (Å²) < 4.78 is 0. The Hall–Kier alpha value is -3.57. The molecule has 6 N–H and O–H groups in total. The number of carbonyl (C=O) groups excluding carboxylic acids is 2. The Balaban J connectivity index is 1.58. The normalized spacial score (nSPS) is 13.8. The first kappa shape index (κ1) is 25.1. The Kier molecular flexibility index (Phi) is 8.50. The number of aliphatic carboxylic acids is 1. The number of pyridine rings is 1. The van der Waals surface area contributed by atoms with Crippen molar-refractivity contribution >= 4 is 52.6 Å². The van der Waals surface area contributed by atoms with Gasteiger partial charge in [0.15, 0.2) is 5.96 Å². The SMILES string of the molecule is O=C(O)CC(NC(=O)CNC(=O)c1ccc(NC2=NCCCN2)cn1)c1cc(Cl)cc(Cl)c1O. The highest BCUT2D eigenvalue weighted by atomic mass is 35.5. The zero-order valence-electron chi connectivity index (χ0n) is 17.8. The van der Waals surface area contributed by atoms with Gasteiger partial charge in [0.1, 0.15) is 11.4 Å². The molecule has 180 valence electrons. The van der Waals surface area contributed by atoms with E-state index < -0.39 is 42.5 Å². The van der Waals surface area contributed by atoms with E-state index in [0.717, 1.165) is 19.5 Å². The molecule has 1 unspecified atom stereocenters. The number of aromatic nitrogens is 1. The molecule has 0 saturated heterocycles. The molecule has 0 saturated carbocycles. The van der Waals surface area contributed by atoms with Crippen molar-refractivity contribution in [2.75, 3.05) is 25.0 Å². The van der Waals surface area contributed by atoms with Gasteiger partial charge in [-0.1, -0.05) is 23.2 Å². The molecule has 0 fully saturated rings. The molecule has 0 spiro atoms. The molecular formula is C21H22Cl2N6O5. The molecule has 1 aliphatic heterocycles. The van der Waals surface area contributed by atoms with Crippen molar-refractivity contribution in [2.45, 2.75) is 18.9 Å². The predicted octanol–water partition coefficient (Wildman–Crippen LogP) is 1.92. The Morgan fingerprint density at radius 1 is 1.21 bits per heavy atom. The average molecular weight is 509 g/mol. The van der Waals surface area contributed by atoms with E-state index in [1.54, 1.807) is 6.07 Å². The number of nitrogens with zero attached hydrogens (tertiary/aromatic N) is 2. The molecule has 2 aromatic rings. The first-order valence-electron chi connectivity index (χ1n) is 10.2. The maximum Gasteiger partial charge on any atom is 0.305 e. The fourth-order valence-electron chi connectivity index (χ4n) is 3.12. The molecule has 11 nitrogen and oxygen atoms in total. The number of carboxylic acid groups (broad SMARTS) is 1. The number of hydrogen-bond acceptors (Lipinski definition) is 8. The lowest BCUT2D eigenvalue weighted by Gasteiger charge is -2.19. The van der Waals surface area contributed by atoms with Crippen molar-refractivity contribution in [2.24, 2.45) is 4.99 Å². The van der Waals surface area contributed by atoms with Crippen LogP contribution in [0.1, 0.15) is 34.9 Å². The highest BCUT2D eigenvalue weighted by Crippen LogP contribution is 2.36. The third-order valence-corrected chi connectivity index (χ3v) is 5.22. The van der Waals surface area contributed by atoms with Gasteiger partial charge in [-0.25, -0.2) is 4.98 Å². The number of nitrogens with one attached hydrogen (secondary N) is 4. The van der Waals surface area contributed by atoms with Crippen LogP contribution in [0.5, 0.6) is 5.75 Å². The van der Waals surface area contributed by atoms with Crippen LogP contribution in [0.15, 0.2) is 35.5 Å². The molecular weight excluding hydrogens is 487 g/mol. The summed E-state index contributed by atoms with van der Waals surface area (Å²) in [5, 5.41) is 30.5. The summed E-state index contributed by atoms with van der Waals surface area (Å²) >= 11 is 11.8. The van der Waals surface area contributed by atoms with E-state index in [0.29, 0.717) is 11.6 Å². The number of hydrogen-bond donors (Lipinski definition) is 6. The van der Waals surface area contributed by atoms with Crippen LogP contribution in [0.25, 0.3) is 0 Å². The third kappa shape index (κ3) is 6.96. The smallest absolute Gasteiger partial charge is 0.305 e. The first-order valence-corrected chi connectivity index (χ1v) is 11.0. The van der Waals surface area contributed by atoms with Crippen molar-refractivity contribution in [3.8, 4) is 5.75 Å². The summed E-state index contributed by atoms with van der Waals surface area (Å²) in [4.78, 5) is 44.3.